The molecule has 0 saturated heterocycles. The molecule has 1 unspecified atom stereocenters. The third kappa shape index (κ3) is 6.39. The second-order valence-electron chi connectivity index (χ2n) is 6.41. The van der Waals surface area contributed by atoms with Crippen LogP contribution in [-0.2, 0) is 16.1 Å². The van der Waals surface area contributed by atoms with Crippen LogP contribution in [0.5, 0.6) is 11.5 Å². The quantitative estimate of drug-likeness (QED) is 0.639. The molecule has 6 nitrogen and oxygen atoms in total. The Morgan fingerprint density at radius 2 is 1.90 bits per heavy atom. The average molecular weight is 419 g/mol. The zero-order valence-corrected chi connectivity index (χ0v) is 17.7. The number of benzene rings is 2. The predicted octanol–water partition coefficient (Wildman–Crippen LogP) is 3.67. The fourth-order valence-electron chi connectivity index (χ4n) is 2.96. The number of carbonyl (C=O) groups excluding carboxylic acids is 2. The molecule has 0 bridgehead atoms. The van der Waals surface area contributed by atoms with Crippen molar-refractivity contribution in [3.8, 4) is 11.5 Å². The van der Waals surface area contributed by atoms with Gasteiger partial charge in [-0.25, -0.2) is 0 Å². The molecule has 0 fully saturated rings. The molecule has 0 aliphatic carbocycles. The van der Waals surface area contributed by atoms with E-state index in [1.54, 1.807) is 31.4 Å². The molecule has 0 aliphatic heterocycles. The smallest absolute Gasteiger partial charge is 0.261 e. The minimum absolute atomic E-state index is 0.191. The van der Waals surface area contributed by atoms with E-state index in [0.29, 0.717) is 29.5 Å². The fraction of sp³-hybridized carbons (Fsp3) is 0.364. The van der Waals surface area contributed by atoms with Gasteiger partial charge in [-0.05, 0) is 43.2 Å². The maximum atomic E-state index is 13.0. The van der Waals surface area contributed by atoms with Crippen molar-refractivity contribution in [1.82, 2.24) is 10.2 Å². The maximum absolute atomic E-state index is 13.0. The zero-order chi connectivity index (χ0) is 21.2. The molecule has 2 aromatic rings. The lowest BCUT2D eigenvalue weighted by molar-refractivity contribution is -0.142. The Morgan fingerprint density at radius 3 is 2.55 bits per heavy atom. The fourth-order valence-corrected chi connectivity index (χ4v) is 3.15. The molecule has 1 N–H and O–H groups in total. The number of halogens is 1. The highest BCUT2D eigenvalue weighted by molar-refractivity contribution is 6.32. The normalized spacial score (nSPS) is 11.4. The van der Waals surface area contributed by atoms with E-state index in [4.69, 9.17) is 21.1 Å². The molecule has 0 radical (unpaired) electrons. The summed E-state index contributed by atoms with van der Waals surface area (Å²) in [4.78, 5) is 27.2. The summed E-state index contributed by atoms with van der Waals surface area (Å²) in [6.07, 6.45) is 0.480. The lowest BCUT2D eigenvalue weighted by atomic mass is 10.1. The third-order valence-electron chi connectivity index (χ3n) is 4.41. The number of likely N-dealkylation sites (N-methyl/N-ethyl adjacent to an activating group) is 1. The van der Waals surface area contributed by atoms with Gasteiger partial charge in [-0.3, -0.25) is 9.59 Å². The van der Waals surface area contributed by atoms with Crippen LogP contribution in [0.15, 0.2) is 48.5 Å². The SMILES string of the molecule is CCNC(=O)C(CC)N(Cc1cccc(OC)c1)C(=O)COc1ccccc1Cl. The first-order chi connectivity index (χ1) is 14.0. The summed E-state index contributed by atoms with van der Waals surface area (Å²) in [5.74, 6) is 0.623. The van der Waals surface area contributed by atoms with Gasteiger partial charge in [-0.2, -0.15) is 0 Å². The highest BCUT2D eigenvalue weighted by Crippen LogP contribution is 2.23. The second-order valence-corrected chi connectivity index (χ2v) is 6.82. The molecule has 1 atom stereocenters. The van der Waals surface area contributed by atoms with Crippen molar-refractivity contribution in [2.24, 2.45) is 0 Å². The van der Waals surface area contributed by atoms with Crippen molar-refractivity contribution < 1.29 is 19.1 Å². The summed E-state index contributed by atoms with van der Waals surface area (Å²) >= 11 is 6.10. The van der Waals surface area contributed by atoms with Crippen LogP contribution in [0.3, 0.4) is 0 Å². The van der Waals surface area contributed by atoms with E-state index < -0.39 is 6.04 Å². The largest absolute Gasteiger partial charge is 0.497 e. The van der Waals surface area contributed by atoms with Crippen molar-refractivity contribution in [2.75, 3.05) is 20.3 Å². The number of hydrogen-bond acceptors (Lipinski definition) is 4. The minimum atomic E-state index is -0.608. The molecule has 0 aliphatic rings. The lowest BCUT2D eigenvalue weighted by Gasteiger charge is -2.30. The van der Waals surface area contributed by atoms with E-state index in [-0.39, 0.29) is 25.0 Å². The van der Waals surface area contributed by atoms with Gasteiger partial charge in [-0.1, -0.05) is 42.8 Å². The highest BCUT2D eigenvalue weighted by atomic mass is 35.5. The Labute approximate surface area is 176 Å². The lowest BCUT2D eigenvalue weighted by Crippen LogP contribution is -2.50. The number of nitrogens with zero attached hydrogens (tertiary/aromatic N) is 1. The van der Waals surface area contributed by atoms with Crippen LogP contribution in [-0.4, -0.2) is 43.0 Å². The van der Waals surface area contributed by atoms with Gasteiger partial charge < -0.3 is 19.7 Å². The summed E-state index contributed by atoms with van der Waals surface area (Å²) in [7, 11) is 1.59. The number of amides is 2. The van der Waals surface area contributed by atoms with Gasteiger partial charge in [-0.15, -0.1) is 0 Å². The Hall–Kier alpha value is -2.73. The number of carbonyl (C=O) groups is 2. The van der Waals surface area contributed by atoms with Gasteiger partial charge in [0.15, 0.2) is 6.61 Å². The average Bonchev–Trinajstić information content (AvgIpc) is 2.73. The number of rotatable bonds is 10. The molecule has 29 heavy (non-hydrogen) atoms. The third-order valence-corrected chi connectivity index (χ3v) is 4.72. The molecule has 0 aromatic heterocycles. The van der Waals surface area contributed by atoms with Crippen LogP contribution < -0.4 is 14.8 Å². The molecular formula is C22H27ClN2O4. The van der Waals surface area contributed by atoms with Gasteiger partial charge in [0.2, 0.25) is 5.91 Å². The van der Waals surface area contributed by atoms with Crippen LogP contribution in [0.2, 0.25) is 5.02 Å². The van der Waals surface area contributed by atoms with Gasteiger partial charge in [0.25, 0.3) is 5.91 Å². The molecule has 0 saturated carbocycles. The Bertz CT molecular complexity index is 828. The highest BCUT2D eigenvalue weighted by Gasteiger charge is 2.28. The minimum Gasteiger partial charge on any atom is -0.497 e. The van der Waals surface area contributed by atoms with Crippen LogP contribution >= 0.6 is 11.6 Å². The summed E-state index contributed by atoms with van der Waals surface area (Å²) in [6, 6.07) is 13.8. The molecule has 0 heterocycles. The van der Waals surface area contributed by atoms with Crippen LogP contribution in [0.1, 0.15) is 25.8 Å². The molecule has 7 heteroatoms. The molecule has 0 spiro atoms. The Morgan fingerprint density at radius 1 is 1.14 bits per heavy atom. The number of hydrogen-bond donors (Lipinski definition) is 1. The monoisotopic (exact) mass is 418 g/mol. The van der Waals surface area contributed by atoms with Gasteiger partial charge in [0.05, 0.1) is 12.1 Å². The van der Waals surface area contributed by atoms with E-state index >= 15 is 0 Å². The summed E-state index contributed by atoms with van der Waals surface area (Å²) in [6.45, 7) is 4.26. The van der Waals surface area contributed by atoms with Crippen LogP contribution in [0, 0.1) is 0 Å². The topological polar surface area (TPSA) is 67.9 Å². The number of methoxy groups -OCH3 is 1. The van der Waals surface area contributed by atoms with E-state index in [1.165, 1.54) is 4.90 Å². The van der Waals surface area contributed by atoms with E-state index in [2.05, 4.69) is 5.32 Å². The van der Waals surface area contributed by atoms with Gasteiger partial charge in [0.1, 0.15) is 17.5 Å². The summed E-state index contributed by atoms with van der Waals surface area (Å²) < 4.78 is 10.9. The molecule has 2 amide bonds. The van der Waals surface area contributed by atoms with E-state index in [1.807, 2.05) is 38.1 Å². The summed E-state index contributed by atoms with van der Waals surface area (Å²) in [5, 5.41) is 3.23. The summed E-state index contributed by atoms with van der Waals surface area (Å²) in [5.41, 5.74) is 0.859. The van der Waals surface area contributed by atoms with E-state index in [0.717, 1.165) is 5.56 Å². The van der Waals surface area contributed by atoms with E-state index in [9.17, 15) is 9.59 Å². The van der Waals surface area contributed by atoms with Gasteiger partial charge >= 0.3 is 0 Å². The standard InChI is InChI=1S/C22H27ClN2O4/c1-4-19(22(27)24-5-2)25(14-16-9-8-10-17(13-16)28-3)21(26)15-29-20-12-7-6-11-18(20)23/h6-13,19H,4-5,14-15H2,1-3H3,(H,24,27). The number of ether oxygens (including phenoxy) is 2. The maximum Gasteiger partial charge on any atom is 0.261 e. The zero-order valence-electron chi connectivity index (χ0n) is 17.0. The molecule has 2 aromatic carbocycles. The van der Waals surface area contributed by atoms with Crippen LogP contribution in [0.25, 0.3) is 0 Å². The van der Waals surface area contributed by atoms with Crippen molar-refractivity contribution in [1.29, 1.82) is 0 Å². The van der Waals surface area contributed by atoms with Crippen LogP contribution in [0.4, 0.5) is 0 Å². The van der Waals surface area contributed by atoms with Crippen molar-refractivity contribution in [2.45, 2.75) is 32.9 Å². The molecule has 156 valence electrons. The Kier molecular flexibility index (Phi) is 8.80. The predicted molar refractivity (Wildman–Crippen MR) is 113 cm³/mol. The van der Waals surface area contributed by atoms with Crippen molar-refractivity contribution in [3.63, 3.8) is 0 Å². The number of para-hydroxylation sites is 1. The second kappa shape index (κ2) is 11.3. The molecule has 2 rings (SSSR count). The number of nitrogens with one attached hydrogen (secondary N) is 1. The Balaban J connectivity index is 2.23. The van der Waals surface area contributed by atoms with Crippen molar-refractivity contribution in [3.05, 3.63) is 59.1 Å². The first-order valence-corrected chi connectivity index (χ1v) is 9.95. The first-order valence-electron chi connectivity index (χ1n) is 9.57. The van der Waals surface area contributed by atoms with Crippen molar-refractivity contribution >= 4 is 23.4 Å². The first kappa shape index (κ1) is 22.6. The molecular weight excluding hydrogens is 392 g/mol. The van der Waals surface area contributed by atoms with Gasteiger partial charge in [0, 0.05) is 13.1 Å².